The van der Waals surface area contributed by atoms with Crippen LogP contribution in [0, 0.1) is 6.92 Å². The summed E-state index contributed by atoms with van der Waals surface area (Å²) in [6, 6.07) is 6.62. The Bertz CT molecular complexity index is 706. The molecule has 1 heterocycles. The van der Waals surface area contributed by atoms with Crippen molar-refractivity contribution < 1.29 is 29.0 Å². The SMILES string of the molecule is COC(=O)C1(OC)C(C(C)=O)=C(O)C(=O)N1c1ccc(C)cc1. The predicted octanol–water partition coefficient (Wildman–Crippen LogP) is 1.26. The number of carbonyl (C=O) groups is 3. The average molecular weight is 319 g/mol. The van der Waals surface area contributed by atoms with Gasteiger partial charge in [0.15, 0.2) is 11.5 Å². The van der Waals surface area contributed by atoms with Gasteiger partial charge in [-0.25, -0.2) is 4.79 Å². The summed E-state index contributed by atoms with van der Waals surface area (Å²) in [6.07, 6.45) is 0. The molecule has 0 spiro atoms. The van der Waals surface area contributed by atoms with Crippen molar-refractivity contribution in [1.82, 2.24) is 0 Å². The Morgan fingerprint density at radius 3 is 2.17 bits per heavy atom. The highest BCUT2D eigenvalue weighted by molar-refractivity contribution is 6.22. The lowest BCUT2D eigenvalue weighted by atomic mass is 9.99. The van der Waals surface area contributed by atoms with Gasteiger partial charge in [0.25, 0.3) is 11.6 Å². The molecule has 0 saturated carbocycles. The van der Waals surface area contributed by atoms with Gasteiger partial charge in [-0.3, -0.25) is 14.5 Å². The molecule has 1 aromatic carbocycles. The molecule has 1 unspecified atom stereocenters. The number of hydrogen-bond donors (Lipinski definition) is 1. The Morgan fingerprint density at radius 1 is 1.17 bits per heavy atom. The quantitative estimate of drug-likeness (QED) is 0.840. The number of aliphatic hydroxyl groups excluding tert-OH is 1. The smallest absolute Gasteiger partial charge is 0.365 e. The van der Waals surface area contributed by atoms with E-state index in [0.29, 0.717) is 0 Å². The number of ether oxygens (including phenoxy) is 2. The lowest BCUT2D eigenvalue weighted by molar-refractivity contribution is -0.162. The zero-order chi connectivity index (χ0) is 17.4. The van der Waals surface area contributed by atoms with E-state index in [4.69, 9.17) is 9.47 Å². The third-order valence-corrected chi connectivity index (χ3v) is 3.70. The minimum atomic E-state index is -2.16. The maximum Gasteiger partial charge on any atom is 0.365 e. The lowest BCUT2D eigenvalue weighted by Gasteiger charge is -2.35. The molecule has 122 valence electrons. The van der Waals surface area contributed by atoms with Crippen LogP contribution in [0.1, 0.15) is 12.5 Å². The Labute approximate surface area is 133 Å². The van der Waals surface area contributed by atoms with Gasteiger partial charge in [0, 0.05) is 12.8 Å². The fourth-order valence-electron chi connectivity index (χ4n) is 2.63. The first-order chi connectivity index (χ1) is 10.8. The summed E-state index contributed by atoms with van der Waals surface area (Å²) in [5, 5.41) is 10.1. The Morgan fingerprint density at radius 2 is 1.74 bits per heavy atom. The fourth-order valence-corrected chi connectivity index (χ4v) is 2.63. The number of benzene rings is 1. The monoisotopic (exact) mass is 319 g/mol. The van der Waals surface area contributed by atoms with Crippen LogP contribution >= 0.6 is 0 Å². The summed E-state index contributed by atoms with van der Waals surface area (Å²) >= 11 is 0. The van der Waals surface area contributed by atoms with E-state index in [2.05, 4.69) is 0 Å². The second-order valence-electron chi connectivity index (χ2n) is 5.10. The number of rotatable bonds is 4. The normalized spacial score (nSPS) is 20.9. The molecule has 23 heavy (non-hydrogen) atoms. The molecule has 0 saturated heterocycles. The summed E-state index contributed by atoms with van der Waals surface area (Å²) in [5.41, 5.74) is -1.38. The van der Waals surface area contributed by atoms with Crippen LogP contribution in [0.15, 0.2) is 35.6 Å². The van der Waals surface area contributed by atoms with Gasteiger partial charge >= 0.3 is 5.97 Å². The first-order valence-corrected chi connectivity index (χ1v) is 6.80. The third-order valence-electron chi connectivity index (χ3n) is 3.70. The van der Waals surface area contributed by atoms with E-state index in [-0.39, 0.29) is 5.69 Å². The van der Waals surface area contributed by atoms with Gasteiger partial charge in [-0.2, -0.15) is 0 Å². The summed E-state index contributed by atoms with van der Waals surface area (Å²) in [7, 11) is 2.26. The maximum atomic E-state index is 12.5. The molecule has 1 atom stereocenters. The molecular weight excluding hydrogens is 302 g/mol. The average Bonchev–Trinajstić information content (AvgIpc) is 2.76. The Balaban J connectivity index is 2.75. The summed E-state index contributed by atoms with van der Waals surface area (Å²) in [4.78, 5) is 37.7. The minimum absolute atomic E-state index is 0.288. The molecule has 0 bridgehead atoms. The van der Waals surface area contributed by atoms with Crippen LogP contribution < -0.4 is 4.90 Å². The third kappa shape index (κ3) is 2.29. The first-order valence-electron chi connectivity index (χ1n) is 6.80. The molecule has 0 fully saturated rings. The van der Waals surface area contributed by atoms with Crippen LogP contribution in [-0.4, -0.2) is 42.7 Å². The van der Waals surface area contributed by atoms with Crippen LogP contribution in [-0.2, 0) is 23.9 Å². The molecular formula is C16H17NO6. The maximum absolute atomic E-state index is 12.5. The van der Waals surface area contributed by atoms with E-state index >= 15 is 0 Å². The second kappa shape index (κ2) is 5.85. The second-order valence-corrected chi connectivity index (χ2v) is 5.10. The van der Waals surface area contributed by atoms with E-state index in [9.17, 15) is 19.5 Å². The number of methoxy groups -OCH3 is 2. The number of carbonyl (C=O) groups excluding carboxylic acids is 3. The first kappa shape index (κ1) is 16.7. The fraction of sp³-hybridized carbons (Fsp3) is 0.312. The number of amides is 1. The molecule has 0 aromatic heterocycles. The molecule has 2 rings (SSSR count). The number of aliphatic hydroxyl groups is 1. The Kier molecular flexibility index (Phi) is 4.24. The van der Waals surface area contributed by atoms with Gasteiger partial charge < -0.3 is 14.6 Å². The topological polar surface area (TPSA) is 93.1 Å². The molecule has 1 aliphatic heterocycles. The van der Waals surface area contributed by atoms with Crippen LogP contribution in [0.5, 0.6) is 0 Å². The minimum Gasteiger partial charge on any atom is -0.503 e. The molecule has 7 heteroatoms. The van der Waals surface area contributed by atoms with Crippen molar-refractivity contribution in [2.45, 2.75) is 19.6 Å². The van der Waals surface area contributed by atoms with Crippen molar-refractivity contribution in [3.8, 4) is 0 Å². The van der Waals surface area contributed by atoms with Gasteiger partial charge in [-0.1, -0.05) is 17.7 Å². The number of hydrogen-bond acceptors (Lipinski definition) is 6. The molecule has 1 aromatic rings. The zero-order valence-corrected chi connectivity index (χ0v) is 13.2. The van der Waals surface area contributed by atoms with E-state index < -0.39 is 34.7 Å². The highest BCUT2D eigenvalue weighted by Gasteiger charge is 2.61. The van der Waals surface area contributed by atoms with Crippen molar-refractivity contribution in [1.29, 1.82) is 0 Å². The molecule has 0 radical (unpaired) electrons. The largest absolute Gasteiger partial charge is 0.503 e. The van der Waals surface area contributed by atoms with Crippen molar-refractivity contribution in [2.75, 3.05) is 19.1 Å². The number of nitrogens with zero attached hydrogens (tertiary/aromatic N) is 1. The van der Waals surface area contributed by atoms with Crippen LogP contribution in [0.3, 0.4) is 0 Å². The highest BCUT2D eigenvalue weighted by atomic mass is 16.6. The number of ketones is 1. The summed E-state index contributed by atoms with van der Waals surface area (Å²) in [6.45, 7) is 2.99. The van der Waals surface area contributed by atoms with Crippen molar-refractivity contribution in [3.63, 3.8) is 0 Å². The van der Waals surface area contributed by atoms with Crippen LogP contribution in [0.25, 0.3) is 0 Å². The molecule has 7 nitrogen and oxygen atoms in total. The van der Waals surface area contributed by atoms with Crippen molar-refractivity contribution >= 4 is 23.3 Å². The van der Waals surface area contributed by atoms with Crippen molar-refractivity contribution in [3.05, 3.63) is 41.2 Å². The molecule has 1 aliphatic rings. The van der Waals surface area contributed by atoms with E-state index in [1.807, 2.05) is 6.92 Å². The zero-order valence-electron chi connectivity index (χ0n) is 13.2. The number of esters is 1. The molecule has 0 aliphatic carbocycles. The molecule has 1 N–H and O–H groups in total. The number of anilines is 1. The van der Waals surface area contributed by atoms with E-state index in [1.165, 1.54) is 0 Å². The van der Waals surface area contributed by atoms with Crippen LogP contribution in [0.4, 0.5) is 5.69 Å². The standard InChI is InChI=1S/C16H17NO6/c1-9-5-7-11(8-6-9)17-14(20)13(19)12(10(2)18)16(17,23-4)15(21)22-3/h5-8,19H,1-4H3. The number of Topliss-reactive ketones (excluding diaryl/α,β-unsaturated/α-hetero) is 1. The highest BCUT2D eigenvalue weighted by Crippen LogP contribution is 2.40. The molecule has 1 amide bonds. The van der Waals surface area contributed by atoms with Crippen LogP contribution in [0.2, 0.25) is 0 Å². The van der Waals surface area contributed by atoms with Gasteiger partial charge in [-0.05, 0) is 26.0 Å². The van der Waals surface area contributed by atoms with Gasteiger partial charge in [0.2, 0.25) is 0 Å². The van der Waals surface area contributed by atoms with Gasteiger partial charge in [0.05, 0.1) is 7.11 Å². The van der Waals surface area contributed by atoms with E-state index in [1.54, 1.807) is 24.3 Å². The van der Waals surface area contributed by atoms with Gasteiger partial charge in [-0.15, -0.1) is 0 Å². The van der Waals surface area contributed by atoms with Crippen molar-refractivity contribution in [2.24, 2.45) is 0 Å². The summed E-state index contributed by atoms with van der Waals surface area (Å²) in [5.74, 6) is -3.39. The summed E-state index contributed by atoms with van der Waals surface area (Å²) < 4.78 is 9.98. The Hall–Kier alpha value is -2.67. The lowest BCUT2D eigenvalue weighted by Crippen LogP contribution is -2.57. The van der Waals surface area contributed by atoms with Gasteiger partial charge in [0.1, 0.15) is 5.57 Å². The van der Waals surface area contributed by atoms with E-state index in [0.717, 1.165) is 31.6 Å². The number of aryl methyl sites for hydroxylation is 1. The predicted molar refractivity (Wildman–Crippen MR) is 80.8 cm³/mol.